The standard InChI is InChI=1S/C12H12ClN3O2/c1-15-5-4-9-7(6-15)11-10(16(17)18)3-2-8(13)12(11)14-9/h2-3,14H,4-6H2,1H3. The summed E-state index contributed by atoms with van der Waals surface area (Å²) in [5, 5.41) is 12.3. The minimum absolute atomic E-state index is 0.127. The van der Waals surface area contributed by atoms with Crippen LogP contribution in [0.4, 0.5) is 5.69 Å². The normalized spacial score (nSPS) is 15.9. The Morgan fingerprint density at radius 1 is 1.50 bits per heavy atom. The Morgan fingerprint density at radius 2 is 2.28 bits per heavy atom. The number of hydrogen-bond acceptors (Lipinski definition) is 3. The minimum atomic E-state index is -0.346. The summed E-state index contributed by atoms with van der Waals surface area (Å²) in [6.45, 7) is 1.67. The molecule has 0 amide bonds. The summed E-state index contributed by atoms with van der Waals surface area (Å²) < 4.78 is 0. The lowest BCUT2D eigenvalue weighted by atomic mass is 10.0. The van der Waals surface area contributed by atoms with E-state index in [9.17, 15) is 10.1 Å². The summed E-state index contributed by atoms with van der Waals surface area (Å²) in [6, 6.07) is 3.06. The first kappa shape index (κ1) is 11.5. The van der Waals surface area contributed by atoms with Crippen molar-refractivity contribution in [2.24, 2.45) is 0 Å². The van der Waals surface area contributed by atoms with Crippen molar-refractivity contribution in [1.29, 1.82) is 0 Å². The Hall–Kier alpha value is -1.59. The number of aromatic nitrogens is 1. The Balaban J connectivity index is 2.36. The molecule has 1 aliphatic heterocycles. The summed E-state index contributed by atoms with van der Waals surface area (Å²) in [5.41, 5.74) is 2.89. The molecule has 0 radical (unpaired) electrons. The van der Waals surface area contributed by atoms with Gasteiger partial charge in [0.25, 0.3) is 5.69 Å². The number of halogens is 1. The van der Waals surface area contributed by atoms with Gasteiger partial charge in [0.15, 0.2) is 0 Å². The first-order chi connectivity index (χ1) is 8.58. The number of rotatable bonds is 1. The fraction of sp³-hybridized carbons (Fsp3) is 0.333. The Kier molecular flexibility index (Phi) is 2.53. The number of nitro groups is 1. The fourth-order valence-electron chi connectivity index (χ4n) is 2.56. The van der Waals surface area contributed by atoms with Gasteiger partial charge in [-0.05, 0) is 13.1 Å². The lowest BCUT2D eigenvalue weighted by Crippen LogP contribution is -2.26. The van der Waals surface area contributed by atoms with Crippen molar-refractivity contribution in [2.45, 2.75) is 13.0 Å². The van der Waals surface area contributed by atoms with Gasteiger partial charge in [-0.3, -0.25) is 10.1 Å². The zero-order chi connectivity index (χ0) is 12.9. The highest BCUT2D eigenvalue weighted by atomic mass is 35.5. The maximum Gasteiger partial charge on any atom is 0.279 e. The van der Waals surface area contributed by atoms with Crippen molar-refractivity contribution in [2.75, 3.05) is 13.6 Å². The van der Waals surface area contributed by atoms with Crippen LogP contribution in [0.2, 0.25) is 5.02 Å². The van der Waals surface area contributed by atoms with Crippen LogP contribution in [-0.2, 0) is 13.0 Å². The van der Waals surface area contributed by atoms with Gasteiger partial charge >= 0.3 is 0 Å². The van der Waals surface area contributed by atoms with Gasteiger partial charge < -0.3 is 9.88 Å². The lowest BCUT2D eigenvalue weighted by Gasteiger charge is -2.22. The fourth-order valence-corrected chi connectivity index (χ4v) is 2.77. The smallest absolute Gasteiger partial charge is 0.279 e. The van der Waals surface area contributed by atoms with Crippen molar-refractivity contribution in [3.8, 4) is 0 Å². The van der Waals surface area contributed by atoms with E-state index in [1.54, 1.807) is 6.07 Å². The van der Waals surface area contributed by atoms with Crippen LogP contribution in [0.25, 0.3) is 10.9 Å². The molecule has 2 heterocycles. The number of likely N-dealkylation sites (N-methyl/N-ethyl adjacent to an activating group) is 1. The number of H-pyrrole nitrogens is 1. The van der Waals surface area contributed by atoms with Gasteiger partial charge in [0.2, 0.25) is 0 Å². The highest BCUT2D eigenvalue weighted by molar-refractivity contribution is 6.35. The van der Waals surface area contributed by atoms with E-state index in [1.165, 1.54) is 6.07 Å². The maximum atomic E-state index is 11.1. The van der Waals surface area contributed by atoms with E-state index in [-0.39, 0.29) is 10.6 Å². The molecule has 1 aromatic heterocycles. The molecule has 0 saturated carbocycles. The molecule has 0 fully saturated rings. The summed E-state index contributed by atoms with van der Waals surface area (Å²) in [4.78, 5) is 16.2. The zero-order valence-electron chi connectivity index (χ0n) is 9.86. The number of nitrogens with one attached hydrogen (secondary N) is 1. The molecule has 0 unspecified atom stereocenters. The van der Waals surface area contributed by atoms with Crippen LogP contribution in [0.3, 0.4) is 0 Å². The summed E-state index contributed by atoms with van der Waals surface area (Å²) >= 11 is 6.12. The second-order valence-corrected chi connectivity index (χ2v) is 5.05. The van der Waals surface area contributed by atoms with Crippen molar-refractivity contribution in [1.82, 2.24) is 9.88 Å². The SMILES string of the molecule is CN1CCc2[nH]c3c(Cl)ccc([N+](=O)[O-])c3c2C1. The van der Waals surface area contributed by atoms with Gasteiger partial charge in [-0.2, -0.15) is 0 Å². The maximum absolute atomic E-state index is 11.1. The molecule has 6 heteroatoms. The third-order valence-corrected chi connectivity index (χ3v) is 3.76. The monoisotopic (exact) mass is 265 g/mol. The van der Waals surface area contributed by atoms with Crippen LogP contribution >= 0.6 is 11.6 Å². The zero-order valence-corrected chi connectivity index (χ0v) is 10.6. The number of aromatic amines is 1. The first-order valence-corrected chi connectivity index (χ1v) is 6.10. The van der Waals surface area contributed by atoms with E-state index in [2.05, 4.69) is 9.88 Å². The Bertz CT molecular complexity index is 650. The van der Waals surface area contributed by atoms with Gasteiger partial charge in [-0.1, -0.05) is 11.6 Å². The topological polar surface area (TPSA) is 62.2 Å². The molecule has 5 nitrogen and oxygen atoms in total. The van der Waals surface area contributed by atoms with E-state index in [0.29, 0.717) is 15.9 Å². The average molecular weight is 266 g/mol. The van der Waals surface area contributed by atoms with E-state index < -0.39 is 0 Å². The second-order valence-electron chi connectivity index (χ2n) is 4.64. The minimum Gasteiger partial charge on any atom is -0.357 e. The molecule has 2 aromatic rings. The average Bonchev–Trinajstić information content (AvgIpc) is 2.69. The number of nitrogens with zero attached hydrogens (tertiary/aromatic N) is 2. The molecule has 0 atom stereocenters. The molecule has 3 rings (SSSR count). The van der Waals surface area contributed by atoms with Crippen LogP contribution in [0.15, 0.2) is 12.1 Å². The molecule has 0 spiro atoms. The van der Waals surface area contributed by atoms with Gasteiger partial charge in [0, 0.05) is 36.8 Å². The number of benzene rings is 1. The van der Waals surface area contributed by atoms with Crippen molar-refractivity contribution in [3.05, 3.63) is 38.5 Å². The van der Waals surface area contributed by atoms with E-state index in [0.717, 1.165) is 30.8 Å². The summed E-state index contributed by atoms with van der Waals surface area (Å²) in [7, 11) is 2.01. The van der Waals surface area contributed by atoms with Gasteiger partial charge in [0.05, 0.1) is 20.8 Å². The third kappa shape index (κ3) is 1.59. The third-order valence-electron chi connectivity index (χ3n) is 3.44. The van der Waals surface area contributed by atoms with Gasteiger partial charge in [-0.25, -0.2) is 0 Å². The largest absolute Gasteiger partial charge is 0.357 e. The molecule has 0 saturated heterocycles. The first-order valence-electron chi connectivity index (χ1n) is 5.73. The number of hydrogen-bond donors (Lipinski definition) is 1. The van der Waals surface area contributed by atoms with Crippen molar-refractivity contribution in [3.63, 3.8) is 0 Å². The van der Waals surface area contributed by atoms with Crippen LogP contribution in [0.5, 0.6) is 0 Å². The summed E-state index contributed by atoms with van der Waals surface area (Å²) in [6.07, 6.45) is 0.869. The second kappa shape index (κ2) is 3.96. The predicted octanol–water partition coefficient (Wildman–Crippen LogP) is 2.72. The van der Waals surface area contributed by atoms with Gasteiger partial charge in [0.1, 0.15) is 0 Å². The summed E-state index contributed by atoms with van der Waals surface area (Å²) in [5.74, 6) is 0. The molecule has 18 heavy (non-hydrogen) atoms. The molecular formula is C12H12ClN3O2. The van der Waals surface area contributed by atoms with Crippen LogP contribution < -0.4 is 0 Å². The van der Waals surface area contributed by atoms with E-state index in [4.69, 9.17) is 11.6 Å². The Morgan fingerprint density at radius 3 is 3.00 bits per heavy atom. The Labute approximate surface area is 108 Å². The van der Waals surface area contributed by atoms with Crippen molar-refractivity contribution < 1.29 is 4.92 Å². The molecule has 1 N–H and O–H groups in total. The predicted molar refractivity (Wildman–Crippen MR) is 70.0 cm³/mol. The molecule has 1 aromatic carbocycles. The molecule has 1 aliphatic rings. The quantitative estimate of drug-likeness (QED) is 0.637. The van der Waals surface area contributed by atoms with Crippen LogP contribution in [0.1, 0.15) is 11.3 Å². The highest BCUT2D eigenvalue weighted by Crippen LogP contribution is 2.37. The van der Waals surface area contributed by atoms with E-state index in [1.807, 2.05) is 7.05 Å². The van der Waals surface area contributed by atoms with Gasteiger partial charge in [-0.15, -0.1) is 0 Å². The number of fused-ring (bicyclic) bond motifs is 3. The number of nitro benzene ring substituents is 1. The molecule has 0 bridgehead atoms. The van der Waals surface area contributed by atoms with E-state index >= 15 is 0 Å². The lowest BCUT2D eigenvalue weighted by molar-refractivity contribution is -0.383. The van der Waals surface area contributed by atoms with Crippen LogP contribution in [0, 0.1) is 10.1 Å². The number of non-ortho nitro benzene ring substituents is 1. The van der Waals surface area contributed by atoms with Crippen molar-refractivity contribution >= 4 is 28.2 Å². The molecular weight excluding hydrogens is 254 g/mol. The molecule has 0 aliphatic carbocycles. The van der Waals surface area contributed by atoms with Crippen LogP contribution in [-0.4, -0.2) is 28.4 Å². The molecule has 94 valence electrons. The highest BCUT2D eigenvalue weighted by Gasteiger charge is 2.25.